The molecule has 0 aliphatic carbocycles. The minimum Gasteiger partial charge on any atom is -0.348 e. The molecule has 1 nitrogen and oxygen atoms in total. The molecule has 0 fully saturated rings. The molecule has 1 heterocycles. The average Bonchev–Trinajstić information content (AvgIpc) is 2.14. The van der Waals surface area contributed by atoms with Gasteiger partial charge in [0.15, 0.2) is 0 Å². The van der Waals surface area contributed by atoms with Crippen molar-refractivity contribution in [3.05, 3.63) is 30.3 Å². The number of allylic oxidation sites excluding steroid dienone is 1. The Bertz CT molecular complexity index is 161. The van der Waals surface area contributed by atoms with Crippen molar-refractivity contribution < 1.29 is 0 Å². The first-order valence-electron chi connectivity index (χ1n) is 2.63. The van der Waals surface area contributed by atoms with E-state index in [1.807, 2.05) is 18.1 Å². The quantitative estimate of drug-likeness (QED) is 0.424. The molecule has 42 valence electrons. The van der Waals surface area contributed by atoms with Gasteiger partial charge in [-0.15, -0.1) is 5.73 Å². The third-order valence-corrected chi connectivity index (χ3v) is 1.27. The minimum atomic E-state index is 0.986. The Labute approximate surface area is 49.6 Å². The highest BCUT2D eigenvalue weighted by atomic mass is 15.1. The fourth-order valence-corrected chi connectivity index (χ4v) is 0.753. The molecule has 0 saturated heterocycles. The lowest BCUT2D eigenvalue weighted by atomic mass is 10.4. The normalized spacial score (nSPS) is 17.1. The lowest BCUT2D eigenvalue weighted by molar-refractivity contribution is 0.587. The van der Waals surface area contributed by atoms with E-state index in [-0.39, 0.29) is 0 Å². The Balaban J connectivity index is 2.79. The van der Waals surface area contributed by atoms with Crippen molar-refractivity contribution in [2.45, 2.75) is 6.42 Å². The number of rotatable bonds is 0. The summed E-state index contributed by atoms with van der Waals surface area (Å²) in [6.07, 6.45) is 5.10. The maximum Gasteiger partial charge on any atom is 0.0633 e. The van der Waals surface area contributed by atoms with Gasteiger partial charge in [0.25, 0.3) is 0 Å². The molecule has 1 heteroatoms. The average molecular weight is 107 g/mol. The number of hydrogen-bond donors (Lipinski definition) is 0. The molecule has 1 aliphatic rings. The van der Waals surface area contributed by atoms with Gasteiger partial charge in [-0.3, -0.25) is 0 Å². The largest absolute Gasteiger partial charge is 0.348 e. The summed E-state index contributed by atoms with van der Waals surface area (Å²) < 4.78 is 0. The molecular formula is C7H9N. The van der Waals surface area contributed by atoms with Gasteiger partial charge in [-0.05, 0) is 0 Å². The highest BCUT2D eigenvalue weighted by Gasteiger charge is 2.02. The van der Waals surface area contributed by atoms with E-state index in [0.717, 1.165) is 12.1 Å². The Morgan fingerprint density at radius 3 is 2.88 bits per heavy atom. The zero-order valence-electron chi connectivity index (χ0n) is 5.02. The summed E-state index contributed by atoms with van der Waals surface area (Å²) in [6, 6.07) is 0. The van der Waals surface area contributed by atoms with Crippen LogP contribution in [0.1, 0.15) is 6.42 Å². The molecule has 0 aromatic rings. The Hall–Kier alpha value is -0.940. The monoisotopic (exact) mass is 107 g/mol. The van der Waals surface area contributed by atoms with Gasteiger partial charge in [0.2, 0.25) is 0 Å². The predicted octanol–water partition coefficient (Wildman–Crippen LogP) is 1.50. The summed E-state index contributed by atoms with van der Waals surface area (Å²) in [5.74, 6) is 0. The van der Waals surface area contributed by atoms with Crippen LogP contribution in [0.5, 0.6) is 0 Å². The molecule has 1 aliphatic heterocycles. The van der Waals surface area contributed by atoms with Crippen LogP contribution in [0.4, 0.5) is 0 Å². The summed E-state index contributed by atoms with van der Waals surface area (Å²) in [7, 11) is 2.00. The fraction of sp³-hybridized carbons (Fsp3) is 0.286. The second-order valence-corrected chi connectivity index (χ2v) is 1.82. The van der Waals surface area contributed by atoms with Crippen LogP contribution < -0.4 is 0 Å². The Kier molecular flexibility index (Phi) is 1.23. The minimum absolute atomic E-state index is 0.986. The van der Waals surface area contributed by atoms with E-state index < -0.39 is 0 Å². The zero-order valence-corrected chi connectivity index (χ0v) is 5.02. The topological polar surface area (TPSA) is 3.24 Å². The first-order chi connectivity index (χ1) is 3.84. The molecule has 0 amide bonds. The van der Waals surface area contributed by atoms with Crippen molar-refractivity contribution in [3.8, 4) is 0 Å². The van der Waals surface area contributed by atoms with E-state index in [0.29, 0.717) is 0 Å². The van der Waals surface area contributed by atoms with Crippen molar-refractivity contribution >= 4 is 0 Å². The third kappa shape index (κ3) is 0.682. The summed E-state index contributed by atoms with van der Waals surface area (Å²) in [5, 5.41) is 0. The lowest BCUT2D eigenvalue weighted by Crippen LogP contribution is -2.02. The second-order valence-electron chi connectivity index (χ2n) is 1.82. The van der Waals surface area contributed by atoms with E-state index in [1.54, 1.807) is 0 Å². The van der Waals surface area contributed by atoms with Gasteiger partial charge in [-0.1, -0.05) is 12.7 Å². The molecule has 0 unspecified atom stereocenters. The molecule has 0 radical (unpaired) electrons. The Morgan fingerprint density at radius 2 is 2.62 bits per heavy atom. The summed E-state index contributed by atoms with van der Waals surface area (Å²) >= 11 is 0. The van der Waals surface area contributed by atoms with Gasteiger partial charge in [0, 0.05) is 19.7 Å². The van der Waals surface area contributed by atoms with Crippen molar-refractivity contribution in [2.75, 3.05) is 7.05 Å². The van der Waals surface area contributed by atoms with Crippen molar-refractivity contribution in [3.63, 3.8) is 0 Å². The second kappa shape index (κ2) is 1.89. The molecular weight excluding hydrogens is 98.1 g/mol. The van der Waals surface area contributed by atoms with Crippen LogP contribution in [0.15, 0.2) is 30.3 Å². The van der Waals surface area contributed by atoms with E-state index in [9.17, 15) is 0 Å². The number of hydrogen-bond acceptors (Lipinski definition) is 1. The zero-order chi connectivity index (χ0) is 5.98. The smallest absolute Gasteiger partial charge is 0.0633 e. The number of nitrogens with zero attached hydrogens (tertiary/aromatic N) is 1. The molecule has 0 spiro atoms. The molecule has 0 atom stereocenters. The highest BCUT2D eigenvalue weighted by Crippen LogP contribution is 2.12. The van der Waals surface area contributed by atoms with Crippen LogP contribution in [-0.4, -0.2) is 11.9 Å². The molecule has 0 aromatic heterocycles. The van der Waals surface area contributed by atoms with E-state index in [4.69, 9.17) is 0 Å². The van der Waals surface area contributed by atoms with Gasteiger partial charge in [-0.2, -0.15) is 0 Å². The summed E-state index contributed by atoms with van der Waals surface area (Å²) in [5.41, 5.74) is 4.00. The Morgan fingerprint density at radius 1 is 1.88 bits per heavy atom. The first-order valence-corrected chi connectivity index (χ1v) is 2.63. The standard InChI is InChI=1S/C7H9N/c1-3-7-5-4-6-8(7)2/h4,6H,1,5H2,2H3. The van der Waals surface area contributed by atoms with Crippen LogP contribution in [0.3, 0.4) is 0 Å². The van der Waals surface area contributed by atoms with Gasteiger partial charge >= 0.3 is 0 Å². The first kappa shape index (κ1) is 5.20. The fourth-order valence-electron chi connectivity index (χ4n) is 0.753. The van der Waals surface area contributed by atoms with Crippen LogP contribution in [0, 0.1) is 0 Å². The van der Waals surface area contributed by atoms with Crippen LogP contribution >= 0.6 is 0 Å². The van der Waals surface area contributed by atoms with Crippen molar-refractivity contribution in [1.29, 1.82) is 0 Å². The van der Waals surface area contributed by atoms with Crippen LogP contribution in [0.2, 0.25) is 0 Å². The predicted molar refractivity (Wildman–Crippen MR) is 34.2 cm³/mol. The molecule has 0 aromatic carbocycles. The highest BCUT2D eigenvalue weighted by molar-refractivity contribution is 5.13. The van der Waals surface area contributed by atoms with Crippen molar-refractivity contribution in [2.24, 2.45) is 0 Å². The van der Waals surface area contributed by atoms with Crippen LogP contribution in [0.25, 0.3) is 0 Å². The molecule has 0 bridgehead atoms. The molecule has 0 saturated carbocycles. The van der Waals surface area contributed by atoms with Gasteiger partial charge in [0.05, 0.1) is 5.70 Å². The summed E-state index contributed by atoms with van der Waals surface area (Å²) in [6.45, 7) is 3.55. The molecule has 1 rings (SSSR count). The lowest BCUT2D eigenvalue weighted by Gasteiger charge is -2.06. The van der Waals surface area contributed by atoms with Gasteiger partial charge in [0.1, 0.15) is 0 Å². The SMILES string of the molecule is C=C=C1CC=CN1C. The van der Waals surface area contributed by atoms with Crippen molar-refractivity contribution in [1.82, 2.24) is 4.90 Å². The summed E-state index contributed by atoms with van der Waals surface area (Å²) in [4.78, 5) is 2.02. The third-order valence-electron chi connectivity index (χ3n) is 1.27. The van der Waals surface area contributed by atoms with E-state index in [2.05, 4.69) is 18.4 Å². The van der Waals surface area contributed by atoms with Crippen LogP contribution in [-0.2, 0) is 0 Å². The molecule has 0 N–H and O–H groups in total. The maximum atomic E-state index is 3.55. The van der Waals surface area contributed by atoms with E-state index in [1.165, 1.54) is 0 Å². The van der Waals surface area contributed by atoms with Gasteiger partial charge in [-0.25, -0.2) is 0 Å². The van der Waals surface area contributed by atoms with E-state index >= 15 is 0 Å². The molecule has 8 heavy (non-hydrogen) atoms. The van der Waals surface area contributed by atoms with Gasteiger partial charge < -0.3 is 4.90 Å². The maximum absolute atomic E-state index is 3.55.